The number of aryl methyl sites for hydroxylation is 1. The van der Waals surface area contributed by atoms with Crippen LogP contribution in [0, 0.1) is 6.92 Å². The summed E-state index contributed by atoms with van der Waals surface area (Å²) in [5, 5.41) is 5.44. The molecule has 136 valence electrons. The molecule has 0 bridgehead atoms. The average molecular weight is 358 g/mol. The van der Waals surface area contributed by atoms with Crippen molar-refractivity contribution in [2.75, 3.05) is 11.9 Å². The number of imidazole rings is 1. The fourth-order valence-electron chi connectivity index (χ4n) is 2.85. The van der Waals surface area contributed by atoms with E-state index >= 15 is 0 Å². The maximum atomic E-state index is 13.5. The van der Waals surface area contributed by atoms with Crippen LogP contribution in [0.25, 0.3) is 11.0 Å². The van der Waals surface area contributed by atoms with E-state index in [1.54, 1.807) is 37.3 Å². The Hall–Kier alpha value is -2.96. The average Bonchev–Trinajstić information content (AvgIpc) is 2.99. The van der Waals surface area contributed by atoms with Gasteiger partial charge in [0.05, 0.1) is 11.0 Å². The van der Waals surface area contributed by atoms with E-state index < -0.39 is 6.55 Å². The minimum Gasteiger partial charge on any atom is -0.337 e. The van der Waals surface area contributed by atoms with Crippen molar-refractivity contribution in [3.8, 4) is 0 Å². The molecule has 1 heterocycles. The van der Waals surface area contributed by atoms with Crippen molar-refractivity contribution >= 4 is 22.8 Å². The Morgan fingerprint density at radius 2 is 1.96 bits per heavy atom. The molecule has 5 nitrogen and oxygen atoms in total. The molecule has 0 aliphatic heterocycles. The molecule has 0 spiro atoms. The van der Waals surface area contributed by atoms with Crippen LogP contribution in [0.2, 0.25) is 0 Å². The van der Waals surface area contributed by atoms with E-state index in [2.05, 4.69) is 15.6 Å². The Balaban J connectivity index is 1.70. The summed E-state index contributed by atoms with van der Waals surface area (Å²) in [6.07, 6.45) is 0. The maximum Gasteiger partial charge on any atom is 0.320 e. The molecule has 0 aliphatic rings. The van der Waals surface area contributed by atoms with E-state index in [0.29, 0.717) is 16.7 Å². The number of fused-ring (bicyclic) bond motifs is 1. The quantitative estimate of drug-likeness (QED) is 0.697. The lowest BCUT2D eigenvalue weighted by atomic mass is 10.1. The van der Waals surface area contributed by atoms with Crippen molar-refractivity contribution in [3.05, 3.63) is 59.9 Å². The van der Waals surface area contributed by atoms with E-state index in [1.807, 2.05) is 25.1 Å². The number of benzene rings is 2. The number of nitrogens with one attached hydrogen (secondary N) is 2. The number of alkyl halides is 2. The van der Waals surface area contributed by atoms with Crippen LogP contribution in [-0.2, 0) is 0 Å². The number of anilines is 1. The topological polar surface area (TPSA) is 59.0 Å². The van der Waals surface area contributed by atoms with E-state index in [-0.39, 0.29) is 24.3 Å². The van der Waals surface area contributed by atoms with E-state index in [4.69, 9.17) is 0 Å². The number of amides is 2. The first-order chi connectivity index (χ1) is 12.5. The molecule has 1 unspecified atom stereocenters. The number of aromatic nitrogens is 2. The molecule has 1 atom stereocenters. The highest BCUT2D eigenvalue weighted by molar-refractivity contribution is 5.89. The van der Waals surface area contributed by atoms with Gasteiger partial charge in [-0.1, -0.05) is 31.2 Å². The molecule has 0 aliphatic carbocycles. The number of para-hydroxylation sites is 2. The zero-order chi connectivity index (χ0) is 18.7. The highest BCUT2D eigenvalue weighted by atomic mass is 19.3. The highest BCUT2D eigenvalue weighted by Gasteiger charge is 2.22. The zero-order valence-electron chi connectivity index (χ0n) is 14.5. The summed E-state index contributed by atoms with van der Waals surface area (Å²) in [6, 6.07) is 13.8. The van der Waals surface area contributed by atoms with Gasteiger partial charge in [0.1, 0.15) is 5.82 Å². The van der Waals surface area contributed by atoms with E-state index in [9.17, 15) is 13.6 Å². The molecule has 3 aromatic rings. The van der Waals surface area contributed by atoms with Crippen molar-refractivity contribution in [3.63, 3.8) is 0 Å². The molecule has 2 aromatic carbocycles. The third kappa shape index (κ3) is 3.82. The third-order valence-electron chi connectivity index (χ3n) is 4.10. The first kappa shape index (κ1) is 17.8. The van der Waals surface area contributed by atoms with Gasteiger partial charge in [0.15, 0.2) is 0 Å². The summed E-state index contributed by atoms with van der Waals surface area (Å²) in [7, 11) is 0. The first-order valence-electron chi connectivity index (χ1n) is 8.32. The minimum atomic E-state index is -2.69. The lowest BCUT2D eigenvalue weighted by molar-refractivity contribution is 0.0705. The fourth-order valence-corrected chi connectivity index (χ4v) is 2.85. The first-order valence-corrected chi connectivity index (χ1v) is 8.32. The van der Waals surface area contributed by atoms with Crippen molar-refractivity contribution in [1.29, 1.82) is 0 Å². The number of carbonyl (C=O) groups is 1. The molecular weight excluding hydrogens is 338 g/mol. The third-order valence-corrected chi connectivity index (χ3v) is 4.10. The molecule has 3 rings (SSSR count). The normalized spacial score (nSPS) is 12.3. The monoisotopic (exact) mass is 358 g/mol. The van der Waals surface area contributed by atoms with Crippen LogP contribution in [-0.4, -0.2) is 22.1 Å². The second kappa shape index (κ2) is 7.51. The number of rotatable bonds is 5. The molecule has 0 fully saturated rings. The summed E-state index contributed by atoms with van der Waals surface area (Å²) in [4.78, 5) is 16.4. The standard InChI is InChI=1S/C19H20F2N4O/c1-12-6-5-7-14(10-12)23-19(26)22-11-13(2)17-24-15-8-3-4-9-16(15)25(17)18(20)21/h3-10,13,18H,11H2,1-2H3,(H2,22,23,26). The summed E-state index contributed by atoms with van der Waals surface area (Å²) in [6.45, 7) is 1.18. The van der Waals surface area contributed by atoms with Gasteiger partial charge in [-0.25, -0.2) is 9.78 Å². The van der Waals surface area contributed by atoms with Gasteiger partial charge in [-0.15, -0.1) is 0 Å². The molecule has 2 N–H and O–H groups in total. The van der Waals surface area contributed by atoms with Gasteiger partial charge in [0.2, 0.25) is 0 Å². The maximum absolute atomic E-state index is 13.5. The van der Waals surface area contributed by atoms with E-state index in [1.165, 1.54) is 0 Å². The molecule has 7 heteroatoms. The van der Waals surface area contributed by atoms with Crippen molar-refractivity contribution in [2.24, 2.45) is 0 Å². The van der Waals surface area contributed by atoms with Crippen molar-refractivity contribution in [1.82, 2.24) is 14.9 Å². The van der Waals surface area contributed by atoms with Gasteiger partial charge in [0.25, 0.3) is 0 Å². The van der Waals surface area contributed by atoms with Gasteiger partial charge in [-0.2, -0.15) is 8.78 Å². The van der Waals surface area contributed by atoms with Crippen LogP contribution in [0.3, 0.4) is 0 Å². The van der Waals surface area contributed by atoms with Gasteiger partial charge < -0.3 is 10.6 Å². The number of hydrogen-bond donors (Lipinski definition) is 2. The van der Waals surface area contributed by atoms with Crippen LogP contribution >= 0.6 is 0 Å². The number of halogens is 2. The number of nitrogens with zero attached hydrogens (tertiary/aromatic N) is 2. The number of urea groups is 1. The molecule has 26 heavy (non-hydrogen) atoms. The number of carbonyl (C=O) groups excluding carboxylic acids is 1. The predicted octanol–water partition coefficient (Wildman–Crippen LogP) is 4.67. The summed E-state index contributed by atoms with van der Waals surface area (Å²) in [5.41, 5.74) is 2.60. The zero-order valence-corrected chi connectivity index (χ0v) is 14.5. The van der Waals surface area contributed by atoms with Crippen LogP contribution in [0.15, 0.2) is 48.5 Å². The van der Waals surface area contributed by atoms with Crippen LogP contribution < -0.4 is 10.6 Å². The summed E-state index contributed by atoms with van der Waals surface area (Å²) in [5.74, 6) is -0.128. The lowest BCUT2D eigenvalue weighted by Gasteiger charge is -2.15. The second-order valence-electron chi connectivity index (χ2n) is 6.21. The molecule has 2 amide bonds. The van der Waals surface area contributed by atoms with Crippen LogP contribution in [0.4, 0.5) is 19.3 Å². The highest BCUT2D eigenvalue weighted by Crippen LogP contribution is 2.27. The number of hydrogen-bond acceptors (Lipinski definition) is 2. The van der Waals surface area contributed by atoms with E-state index in [0.717, 1.165) is 10.1 Å². The summed E-state index contributed by atoms with van der Waals surface area (Å²) >= 11 is 0. The molecule has 0 saturated carbocycles. The van der Waals surface area contributed by atoms with Crippen LogP contribution in [0.5, 0.6) is 0 Å². The second-order valence-corrected chi connectivity index (χ2v) is 6.21. The smallest absolute Gasteiger partial charge is 0.320 e. The Morgan fingerprint density at radius 3 is 2.69 bits per heavy atom. The minimum absolute atomic E-state index is 0.188. The molecule has 0 saturated heterocycles. The molecular formula is C19H20F2N4O. The Morgan fingerprint density at radius 1 is 1.19 bits per heavy atom. The summed E-state index contributed by atoms with van der Waals surface area (Å²) < 4.78 is 27.9. The SMILES string of the molecule is Cc1cccc(NC(=O)NCC(C)c2nc3ccccc3n2C(F)F)c1. The fraction of sp³-hybridized carbons (Fsp3) is 0.263. The largest absolute Gasteiger partial charge is 0.337 e. The molecule has 1 aromatic heterocycles. The van der Waals surface area contributed by atoms with Gasteiger partial charge in [0, 0.05) is 18.2 Å². The molecule has 0 radical (unpaired) electrons. The van der Waals surface area contributed by atoms with Crippen LogP contribution in [0.1, 0.15) is 30.8 Å². The Kier molecular flexibility index (Phi) is 5.16. The van der Waals surface area contributed by atoms with Gasteiger partial charge in [-0.3, -0.25) is 4.57 Å². The Bertz CT molecular complexity index is 923. The van der Waals surface area contributed by atoms with Gasteiger partial charge >= 0.3 is 12.6 Å². The van der Waals surface area contributed by atoms with Gasteiger partial charge in [-0.05, 0) is 36.8 Å². The lowest BCUT2D eigenvalue weighted by Crippen LogP contribution is -2.32. The van der Waals surface area contributed by atoms with Crippen molar-refractivity contribution < 1.29 is 13.6 Å². The Labute approximate surface area is 150 Å². The predicted molar refractivity (Wildman–Crippen MR) is 97.6 cm³/mol. The van der Waals surface area contributed by atoms with Crippen molar-refractivity contribution in [2.45, 2.75) is 26.3 Å².